The number of rotatable bonds is 5. The summed E-state index contributed by atoms with van der Waals surface area (Å²) in [6.07, 6.45) is -15.4. The summed E-state index contributed by atoms with van der Waals surface area (Å²) in [5.74, 6) is -2.09. The fourth-order valence-corrected chi connectivity index (χ4v) is 5.36. The fourth-order valence-electron chi connectivity index (χ4n) is 5.36. The molecule has 0 aliphatic carbocycles. The summed E-state index contributed by atoms with van der Waals surface area (Å²) in [7, 11) is 0. The average molecular weight is 545 g/mol. The molecule has 1 aliphatic rings. The van der Waals surface area contributed by atoms with Crippen LogP contribution in [-0.2, 0) is 18.8 Å². The van der Waals surface area contributed by atoms with Crippen molar-refractivity contribution in [2.45, 2.75) is 56.2 Å². The number of halogens is 9. The Bertz CT molecular complexity index is 1210. The van der Waals surface area contributed by atoms with Gasteiger partial charge in [0.2, 0.25) is 0 Å². The molecule has 0 radical (unpaired) electrons. The van der Waals surface area contributed by atoms with Crippen LogP contribution in [0.15, 0.2) is 72.8 Å². The van der Waals surface area contributed by atoms with E-state index in [4.69, 9.17) is 0 Å². The average Bonchev–Trinajstić information content (AvgIpc) is 2.85. The number of para-hydroxylation sites is 1. The predicted molar refractivity (Wildman–Crippen MR) is 126 cm³/mol. The normalized spacial score (nSPS) is 19.3. The summed E-state index contributed by atoms with van der Waals surface area (Å²) in [6.45, 7) is 1.60. The molecule has 0 bridgehead atoms. The van der Waals surface area contributed by atoms with E-state index in [1.165, 1.54) is 11.0 Å². The Labute approximate surface area is 213 Å². The molecule has 0 aromatic heterocycles. The summed E-state index contributed by atoms with van der Waals surface area (Å²) < 4.78 is 125. The lowest BCUT2D eigenvalue weighted by atomic mass is 9.71. The van der Waals surface area contributed by atoms with E-state index in [-0.39, 0.29) is 30.3 Å². The molecule has 4 rings (SSSR count). The second-order valence-corrected chi connectivity index (χ2v) is 9.38. The molecule has 0 spiro atoms. The number of nitrogens with zero attached hydrogens (tertiary/aromatic N) is 1. The second-order valence-electron chi connectivity index (χ2n) is 9.38. The zero-order valence-electron chi connectivity index (χ0n) is 20.1. The minimum atomic E-state index is -5.08. The summed E-state index contributed by atoms with van der Waals surface area (Å²) in [6, 6.07) is 14.0. The van der Waals surface area contributed by atoms with Gasteiger partial charge in [-0.25, -0.2) is 0 Å². The molecule has 1 nitrogen and oxygen atoms in total. The Morgan fingerprint density at radius 2 is 1.32 bits per heavy atom. The lowest BCUT2D eigenvalue weighted by Crippen LogP contribution is -2.50. The Kier molecular flexibility index (Phi) is 7.47. The van der Waals surface area contributed by atoms with Gasteiger partial charge in [-0.05, 0) is 72.6 Å². The van der Waals surface area contributed by atoms with Crippen LogP contribution < -0.4 is 4.90 Å². The molecular formula is C28H24F9N. The first-order chi connectivity index (χ1) is 17.7. The molecule has 0 saturated carbocycles. The maximum Gasteiger partial charge on any atom is 0.416 e. The Morgan fingerprint density at radius 1 is 0.763 bits per heavy atom. The first kappa shape index (κ1) is 27.9. The summed E-state index contributed by atoms with van der Waals surface area (Å²) in [5.41, 5.74) is -1.97. The van der Waals surface area contributed by atoms with E-state index in [2.05, 4.69) is 0 Å². The molecule has 0 saturated heterocycles. The molecule has 3 aromatic rings. The molecule has 38 heavy (non-hydrogen) atoms. The number of hydrogen-bond acceptors (Lipinski definition) is 1. The molecule has 1 heterocycles. The zero-order valence-corrected chi connectivity index (χ0v) is 20.1. The van der Waals surface area contributed by atoms with Gasteiger partial charge in [0, 0.05) is 12.2 Å². The highest BCUT2D eigenvalue weighted by Gasteiger charge is 2.49. The van der Waals surface area contributed by atoms with Crippen LogP contribution in [0.1, 0.15) is 53.0 Å². The molecule has 10 heteroatoms. The van der Waals surface area contributed by atoms with E-state index in [9.17, 15) is 39.5 Å². The van der Waals surface area contributed by atoms with E-state index < -0.39 is 54.0 Å². The summed E-state index contributed by atoms with van der Waals surface area (Å²) in [5, 5.41) is 0. The molecule has 0 amide bonds. The van der Waals surface area contributed by atoms with E-state index in [0.717, 1.165) is 0 Å². The predicted octanol–water partition coefficient (Wildman–Crippen LogP) is 9.00. The third kappa shape index (κ3) is 5.78. The van der Waals surface area contributed by atoms with Gasteiger partial charge in [0.05, 0.1) is 11.1 Å². The van der Waals surface area contributed by atoms with E-state index >= 15 is 0 Å². The van der Waals surface area contributed by atoms with E-state index in [0.29, 0.717) is 23.3 Å². The second kappa shape index (κ2) is 10.2. The molecule has 204 valence electrons. The zero-order chi connectivity index (χ0) is 27.9. The number of anilines is 1. The highest BCUT2D eigenvalue weighted by atomic mass is 19.4. The minimum absolute atomic E-state index is 0.0268. The van der Waals surface area contributed by atoms with Crippen molar-refractivity contribution < 1.29 is 39.5 Å². The van der Waals surface area contributed by atoms with Crippen molar-refractivity contribution in [3.63, 3.8) is 0 Å². The van der Waals surface area contributed by atoms with Crippen molar-refractivity contribution in [2.75, 3.05) is 11.4 Å². The van der Waals surface area contributed by atoms with Crippen LogP contribution in [0.25, 0.3) is 0 Å². The monoisotopic (exact) mass is 545 g/mol. The molecular weight excluding hydrogens is 521 g/mol. The molecule has 0 N–H and O–H groups in total. The van der Waals surface area contributed by atoms with Crippen molar-refractivity contribution >= 4 is 5.69 Å². The number of benzene rings is 3. The number of fused-ring (bicyclic) bond motifs is 1. The SMILES string of the molecule is CCN1c2ccccc2[C@H]([C@H](Cc2ccccc2)c2cc(C(F)(F)F)cc(C(F)(F)F)c2)C[C@@H]1C(F)(F)F. The van der Waals surface area contributed by atoms with Crippen molar-refractivity contribution in [3.8, 4) is 0 Å². The number of alkyl halides is 9. The highest BCUT2D eigenvalue weighted by Crippen LogP contribution is 2.51. The Balaban J connectivity index is 1.95. The van der Waals surface area contributed by atoms with Gasteiger partial charge in [-0.3, -0.25) is 0 Å². The third-order valence-corrected chi connectivity index (χ3v) is 7.04. The van der Waals surface area contributed by atoms with Crippen molar-refractivity contribution in [1.29, 1.82) is 0 Å². The summed E-state index contributed by atoms with van der Waals surface area (Å²) >= 11 is 0. The van der Waals surface area contributed by atoms with Crippen LogP contribution >= 0.6 is 0 Å². The van der Waals surface area contributed by atoms with Gasteiger partial charge < -0.3 is 4.90 Å². The first-order valence-electron chi connectivity index (χ1n) is 12.0. The maximum atomic E-state index is 14.2. The van der Waals surface area contributed by atoms with Crippen LogP contribution in [0.4, 0.5) is 45.2 Å². The van der Waals surface area contributed by atoms with Crippen molar-refractivity contribution in [3.05, 3.63) is 101 Å². The molecule has 3 aromatic carbocycles. The van der Waals surface area contributed by atoms with E-state index in [1.807, 2.05) is 0 Å². The van der Waals surface area contributed by atoms with Crippen LogP contribution in [0.5, 0.6) is 0 Å². The summed E-state index contributed by atoms with van der Waals surface area (Å²) in [4.78, 5) is 1.19. The van der Waals surface area contributed by atoms with Gasteiger partial charge in [-0.15, -0.1) is 0 Å². The standard InChI is InChI=1S/C28H24F9N/c1-2-38-24-11-7-6-10-21(24)23(16-25(38)28(35,36)37)22(12-17-8-4-3-5-9-17)18-13-19(26(29,30)31)15-20(14-18)27(32,33)34/h3-11,13-15,22-23,25H,2,12,16H2,1H3/t22-,23-,25-/m1/s1. The first-order valence-corrected chi connectivity index (χ1v) is 12.0. The van der Waals surface area contributed by atoms with Crippen LogP contribution in [0.2, 0.25) is 0 Å². The lowest BCUT2D eigenvalue weighted by Gasteiger charge is -2.45. The number of hydrogen-bond donors (Lipinski definition) is 0. The van der Waals surface area contributed by atoms with Crippen LogP contribution in [-0.4, -0.2) is 18.8 Å². The largest absolute Gasteiger partial charge is 0.416 e. The third-order valence-electron chi connectivity index (χ3n) is 7.04. The maximum absolute atomic E-state index is 14.2. The molecule has 3 atom stereocenters. The van der Waals surface area contributed by atoms with E-state index in [1.54, 1.807) is 55.5 Å². The van der Waals surface area contributed by atoms with Gasteiger partial charge in [-0.1, -0.05) is 48.5 Å². The molecule has 1 aliphatic heterocycles. The fraction of sp³-hybridized carbons (Fsp3) is 0.357. The van der Waals surface area contributed by atoms with Gasteiger partial charge in [-0.2, -0.15) is 39.5 Å². The Morgan fingerprint density at radius 3 is 1.84 bits per heavy atom. The Hall–Kier alpha value is -3.17. The van der Waals surface area contributed by atoms with Gasteiger partial charge in [0.15, 0.2) is 0 Å². The van der Waals surface area contributed by atoms with Gasteiger partial charge in [0.1, 0.15) is 6.04 Å². The van der Waals surface area contributed by atoms with Gasteiger partial charge >= 0.3 is 18.5 Å². The van der Waals surface area contributed by atoms with Crippen LogP contribution in [0.3, 0.4) is 0 Å². The van der Waals surface area contributed by atoms with Crippen molar-refractivity contribution in [1.82, 2.24) is 0 Å². The minimum Gasteiger partial charge on any atom is -0.360 e. The molecule has 0 fully saturated rings. The topological polar surface area (TPSA) is 3.24 Å². The lowest BCUT2D eigenvalue weighted by molar-refractivity contribution is -0.152. The van der Waals surface area contributed by atoms with Gasteiger partial charge in [0.25, 0.3) is 0 Å². The van der Waals surface area contributed by atoms with Crippen LogP contribution in [0, 0.1) is 0 Å². The highest BCUT2D eigenvalue weighted by molar-refractivity contribution is 5.60. The smallest absolute Gasteiger partial charge is 0.360 e. The van der Waals surface area contributed by atoms with Crippen molar-refractivity contribution in [2.24, 2.45) is 0 Å². The molecule has 0 unspecified atom stereocenters. The quantitative estimate of drug-likeness (QED) is 0.289.